The number of carboxylic acids is 1. The molecule has 0 radical (unpaired) electrons. The van der Waals surface area contributed by atoms with Crippen LogP contribution < -0.4 is 11.5 Å². The Bertz CT molecular complexity index is 579. The maximum atomic E-state index is 10.8. The quantitative estimate of drug-likeness (QED) is 0.687. The van der Waals surface area contributed by atoms with E-state index in [0.29, 0.717) is 11.4 Å². The smallest absolute Gasteiger partial charge is 0.335 e. The standard InChI is InChI=1S/C13H12N2O2/c14-10-3-1-2-8(6-10)11-5-4-9(13(16)17)7-12(11)15/h1-7H,14-15H2,(H,16,17). The van der Waals surface area contributed by atoms with E-state index in [4.69, 9.17) is 16.6 Å². The molecule has 2 aromatic rings. The minimum absolute atomic E-state index is 0.176. The highest BCUT2D eigenvalue weighted by Gasteiger charge is 2.07. The summed E-state index contributed by atoms with van der Waals surface area (Å²) >= 11 is 0. The lowest BCUT2D eigenvalue weighted by Crippen LogP contribution is -1.99. The molecule has 86 valence electrons. The predicted molar refractivity (Wildman–Crippen MR) is 67.7 cm³/mol. The first-order valence-corrected chi connectivity index (χ1v) is 5.06. The molecule has 0 saturated carbocycles. The lowest BCUT2D eigenvalue weighted by Gasteiger charge is -2.07. The second-order valence-electron chi connectivity index (χ2n) is 3.73. The second-order valence-corrected chi connectivity index (χ2v) is 3.73. The summed E-state index contributed by atoms with van der Waals surface area (Å²) in [5.41, 5.74) is 14.4. The van der Waals surface area contributed by atoms with Crippen LogP contribution in [0.1, 0.15) is 10.4 Å². The molecule has 5 N–H and O–H groups in total. The van der Waals surface area contributed by atoms with E-state index in [1.165, 1.54) is 12.1 Å². The average molecular weight is 228 g/mol. The lowest BCUT2D eigenvalue weighted by atomic mass is 10.0. The normalized spacial score (nSPS) is 10.1. The van der Waals surface area contributed by atoms with Gasteiger partial charge in [-0.15, -0.1) is 0 Å². The highest BCUT2D eigenvalue weighted by atomic mass is 16.4. The van der Waals surface area contributed by atoms with E-state index in [-0.39, 0.29) is 5.56 Å². The summed E-state index contributed by atoms with van der Waals surface area (Å²) in [5, 5.41) is 8.84. The Hall–Kier alpha value is -2.49. The van der Waals surface area contributed by atoms with Gasteiger partial charge in [0.1, 0.15) is 0 Å². The first-order valence-electron chi connectivity index (χ1n) is 5.06. The summed E-state index contributed by atoms with van der Waals surface area (Å²) in [4.78, 5) is 10.8. The molecule has 2 rings (SSSR count). The first kappa shape index (κ1) is 11.0. The first-order chi connectivity index (χ1) is 8.08. The number of nitrogens with two attached hydrogens (primary N) is 2. The van der Waals surface area contributed by atoms with E-state index in [1.54, 1.807) is 18.2 Å². The van der Waals surface area contributed by atoms with Gasteiger partial charge >= 0.3 is 5.97 Å². The number of hydrogen-bond acceptors (Lipinski definition) is 3. The van der Waals surface area contributed by atoms with Crippen molar-refractivity contribution in [2.45, 2.75) is 0 Å². The van der Waals surface area contributed by atoms with Crippen LogP contribution in [0.3, 0.4) is 0 Å². The molecule has 0 bridgehead atoms. The Kier molecular flexibility index (Phi) is 2.70. The molecule has 17 heavy (non-hydrogen) atoms. The van der Waals surface area contributed by atoms with Crippen LogP contribution in [0.15, 0.2) is 42.5 Å². The third kappa shape index (κ3) is 2.20. The third-order valence-corrected chi connectivity index (χ3v) is 2.50. The number of anilines is 2. The van der Waals surface area contributed by atoms with Gasteiger partial charge in [-0.25, -0.2) is 4.79 Å². The molecule has 2 aromatic carbocycles. The number of benzene rings is 2. The van der Waals surface area contributed by atoms with E-state index >= 15 is 0 Å². The number of carbonyl (C=O) groups is 1. The summed E-state index contributed by atoms with van der Waals surface area (Å²) in [6, 6.07) is 11.9. The van der Waals surface area contributed by atoms with Crippen LogP contribution in [-0.2, 0) is 0 Å². The van der Waals surface area contributed by atoms with Crippen LogP contribution in [0.4, 0.5) is 11.4 Å². The highest BCUT2D eigenvalue weighted by Crippen LogP contribution is 2.27. The van der Waals surface area contributed by atoms with E-state index < -0.39 is 5.97 Å². The van der Waals surface area contributed by atoms with Crippen molar-refractivity contribution in [1.29, 1.82) is 0 Å². The van der Waals surface area contributed by atoms with E-state index in [2.05, 4.69) is 0 Å². The van der Waals surface area contributed by atoms with Crippen LogP contribution in [-0.4, -0.2) is 11.1 Å². The zero-order chi connectivity index (χ0) is 12.4. The molecule has 0 unspecified atom stereocenters. The molecule has 0 aliphatic heterocycles. The molecule has 0 aromatic heterocycles. The number of hydrogen-bond donors (Lipinski definition) is 3. The largest absolute Gasteiger partial charge is 0.478 e. The average Bonchev–Trinajstić information content (AvgIpc) is 2.28. The van der Waals surface area contributed by atoms with Gasteiger partial charge in [0.2, 0.25) is 0 Å². The number of nitrogen functional groups attached to an aromatic ring is 2. The zero-order valence-corrected chi connectivity index (χ0v) is 9.05. The molecule has 4 heteroatoms. The van der Waals surface area contributed by atoms with Crippen molar-refractivity contribution in [3.63, 3.8) is 0 Å². The van der Waals surface area contributed by atoms with Gasteiger partial charge in [0.05, 0.1) is 5.56 Å². The molecule has 0 spiro atoms. The number of rotatable bonds is 2. The van der Waals surface area contributed by atoms with Gasteiger partial charge in [-0.3, -0.25) is 0 Å². The fourth-order valence-electron chi connectivity index (χ4n) is 1.66. The molecular formula is C13H12N2O2. The number of carboxylic acid groups (broad SMARTS) is 1. The van der Waals surface area contributed by atoms with Crippen LogP contribution in [0, 0.1) is 0 Å². The molecular weight excluding hydrogens is 216 g/mol. The Morgan fingerprint density at radius 1 is 1.06 bits per heavy atom. The Labute approximate surface area is 98.5 Å². The lowest BCUT2D eigenvalue weighted by molar-refractivity contribution is 0.0697. The fourth-order valence-corrected chi connectivity index (χ4v) is 1.66. The molecule has 0 saturated heterocycles. The summed E-state index contributed by atoms with van der Waals surface area (Å²) in [7, 11) is 0. The molecule has 0 atom stereocenters. The predicted octanol–water partition coefficient (Wildman–Crippen LogP) is 2.22. The van der Waals surface area contributed by atoms with Crippen LogP contribution in [0.2, 0.25) is 0 Å². The van der Waals surface area contributed by atoms with Crippen molar-refractivity contribution < 1.29 is 9.90 Å². The summed E-state index contributed by atoms with van der Waals surface area (Å²) in [6.45, 7) is 0. The molecule has 0 heterocycles. The number of aromatic carboxylic acids is 1. The Morgan fingerprint density at radius 3 is 2.41 bits per heavy atom. The SMILES string of the molecule is Nc1cccc(-c2ccc(C(=O)O)cc2N)c1. The van der Waals surface area contributed by atoms with Crippen molar-refractivity contribution in [1.82, 2.24) is 0 Å². The van der Waals surface area contributed by atoms with E-state index in [0.717, 1.165) is 11.1 Å². The third-order valence-electron chi connectivity index (χ3n) is 2.50. The Balaban J connectivity index is 2.50. The molecule has 0 aliphatic carbocycles. The summed E-state index contributed by atoms with van der Waals surface area (Å²) in [5.74, 6) is -0.990. The maximum absolute atomic E-state index is 10.8. The van der Waals surface area contributed by atoms with Gasteiger partial charge < -0.3 is 16.6 Å². The van der Waals surface area contributed by atoms with E-state index in [1.807, 2.05) is 12.1 Å². The Morgan fingerprint density at radius 2 is 1.82 bits per heavy atom. The highest BCUT2D eigenvalue weighted by molar-refractivity contribution is 5.91. The summed E-state index contributed by atoms with van der Waals surface area (Å²) < 4.78 is 0. The second kappa shape index (κ2) is 4.17. The van der Waals surface area contributed by atoms with Gasteiger partial charge in [0.15, 0.2) is 0 Å². The van der Waals surface area contributed by atoms with Crippen LogP contribution in [0.5, 0.6) is 0 Å². The molecule has 4 nitrogen and oxygen atoms in total. The molecule has 0 aliphatic rings. The van der Waals surface area contributed by atoms with Crippen LogP contribution >= 0.6 is 0 Å². The minimum Gasteiger partial charge on any atom is -0.478 e. The zero-order valence-electron chi connectivity index (χ0n) is 9.05. The fraction of sp³-hybridized carbons (Fsp3) is 0. The van der Waals surface area contributed by atoms with Gasteiger partial charge in [0.25, 0.3) is 0 Å². The van der Waals surface area contributed by atoms with Crippen molar-refractivity contribution in [3.8, 4) is 11.1 Å². The monoisotopic (exact) mass is 228 g/mol. The van der Waals surface area contributed by atoms with E-state index in [9.17, 15) is 4.79 Å². The maximum Gasteiger partial charge on any atom is 0.335 e. The topological polar surface area (TPSA) is 89.3 Å². The minimum atomic E-state index is -0.990. The van der Waals surface area contributed by atoms with Crippen molar-refractivity contribution >= 4 is 17.3 Å². The van der Waals surface area contributed by atoms with Gasteiger partial charge in [0, 0.05) is 16.9 Å². The molecule has 0 fully saturated rings. The van der Waals surface area contributed by atoms with Gasteiger partial charge in [-0.2, -0.15) is 0 Å². The van der Waals surface area contributed by atoms with Crippen molar-refractivity contribution in [2.75, 3.05) is 11.5 Å². The van der Waals surface area contributed by atoms with Crippen molar-refractivity contribution in [3.05, 3.63) is 48.0 Å². The van der Waals surface area contributed by atoms with Crippen LogP contribution in [0.25, 0.3) is 11.1 Å². The van der Waals surface area contributed by atoms with Gasteiger partial charge in [-0.1, -0.05) is 18.2 Å². The summed E-state index contributed by atoms with van der Waals surface area (Å²) in [6.07, 6.45) is 0. The van der Waals surface area contributed by atoms with Crippen molar-refractivity contribution in [2.24, 2.45) is 0 Å². The van der Waals surface area contributed by atoms with Gasteiger partial charge in [-0.05, 0) is 29.8 Å². The molecule has 0 amide bonds.